The third-order valence-electron chi connectivity index (χ3n) is 7.71. The minimum Gasteiger partial charge on any atom is -0.480 e. The van der Waals surface area contributed by atoms with E-state index in [0.717, 1.165) is 57.2 Å². The largest absolute Gasteiger partial charge is 0.480 e. The molecule has 4 N–H and O–H groups in total. The topological polar surface area (TPSA) is 100 Å². The van der Waals surface area contributed by atoms with Crippen LogP contribution in [0.4, 0.5) is 5.69 Å². The van der Waals surface area contributed by atoms with Gasteiger partial charge in [-0.2, -0.15) is 0 Å². The fourth-order valence-electron chi connectivity index (χ4n) is 5.55. The van der Waals surface area contributed by atoms with Crippen LogP contribution in [0.15, 0.2) is 103 Å². The lowest BCUT2D eigenvalue weighted by atomic mass is 9.98. The zero-order chi connectivity index (χ0) is 29.0. The van der Waals surface area contributed by atoms with Gasteiger partial charge < -0.3 is 10.0 Å². The van der Waals surface area contributed by atoms with E-state index >= 15 is 0 Å². The minimum atomic E-state index is -0.966. The van der Waals surface area contributed by atoms with Crippen LogP contribution in [0.5, 0.6) is 0 Å². The van der Waals surface area contributed by atoms with Crippen LogP contribution in [-0.4, -0.2) is 41.3 Å². The van der Waals surface area contributed by atoms with Gasteiger partial charge in [-0.1, -0.05) is 97.8 Å². The summed E-state index contributed by atoms with van der Waals surface area (Å²) in [4.78, 5) is 32.1. The lowest BCUT2D eigenvalue weighted by Crippen LogP contribution is -3.13. The number of hydrogen-bond acceptors (Lipinski definition) is 4. The van der Waals surface area contributed by atoms with Gasteiger partial charge in [-0.05, 0) is 25.3 Å². The standard InChI is InChI=1S/C34H40N4O3/c1-2-3-4-5-12-21-29(34(40)41)36-32(27-18-10-7-11-19-27)28-20-13-14-22-30(28)38(35)33(39)31-23-15-24-37(31)25-26-16-8-6-9-17-26/h2,6-11,13-14,16-20,22,29,31H,1,3-5,12,15,21,23-25,35H2,(H,40,41)/p+1. The Labute approximate surface area is 243 Å². The molecule has 1 heterocycles. The summed E-state index contributed by atoms with van der Waals surface area (Å²) in [5.74, 6) is 5.48. The van der Waals surface area contributed by atoms with Crippen molar-refractivity contribution in [1.29, 1.82) is 0 Å². The van der Waals surface area contributed by atoms with Crippen LogP contribution in [0.3, 0.4) is 0 Å². The summed E-state index contributed by atoms with van der Waals surface area (Å²) in [5.41, 5.74) is 3.63. The Kier molecular flexibility index (Phi) is 11.0. The third-order valence-corrected chi connectivity index (χ3v) is 7.71. The smallest absolute Gasteiger partial charge is 0.328 e. The van der Waals surface area contributed by atoms with Crippen molar-refractivity contribution in [1.82, 2.24) is 0 Å². The second-order valence-electron chi connectivity index (χ2n) is 10.6. The van der Waals surface area contributed by atoms with E-state index in [1.807, 2.05) is 78.9 Å². The summed E-state index contributed by atoms with van der Waals surface area (Å²) < 4.78 is 0. The van der Waals surface area contributed by atoms with Gasteiger partial charge in [0.15, 0.2) is 6.04 Å². The number of aliphatic imine (C=N–C) groups is 1. The number of rotatable bonds is 14. The Bertz CT molecular complexity index is 1330. The molecule has 214 valence electrons. The van der Waals surface area contributed by atoms with Crippen molar-refractivity contribution in [3.05, 3.63) is 114 Å². The number of carbonyl (C=O) groups excluding carboxylic acids is 1. The SMILES string of the molecule is C=CCCCCCC(N=C(c1ccccc1)c1ccccc1N(N)C(=O)C1CCC[NH+]1Cc1ccccc1)C(=O)O. The molecule has 1 aliphatic rings. The summed E-state index contributed by atoms with van der Waals surface area (Å²) in [7, 11) is 0. The Morgan fingerprint density at radius 3 is 2.39 bits per heavy atom. The molecule has 41 heavy (non-hydrogen) atoms. The van der Waals surface area contributed by atoms with Crippen LogP contribution in [0.1, 0.15) is 61.6 Å². The molecule has 0 aliphatic carbocycles. The number of nitrogens with one attached hydrogen (secondary N) is 1. The first kappa shape index (κ1) is 29.9. The highest BCUT2D eigenvalue weighted by Gasteiger charge is 2.38. The van der Waals surface area contributed by atoms with E-state index in [4.69, 9.17) is 10.8 Å². The van der Waals surface area contributed by atoms with Crippen molar-refractivity contribution in [2.75, 3.05) is 11.6 Å². The Balaban J connectivity index is 1.64. The predicted molar refractivity (Wildman–Crippen MR) is 164 cm³/mol. The van der Waals surface area contributed by atoms with Gasteiger partial charge in [-0.15, -0.1) is 6.58 Å². The number of carbonyl (C=O) groups is 2. The molecular weight excluding hydrogens is 512 g/mol. The van der Waals surface area contributed by atoms with Gasteiger partial charge in [0.2, 0.25) is 0 Å². The number of anilines is 1. The van der Waals surface area contributed by atoms with Gasteiger partial charge in [-0.3, -0.25) is 9.79 Å². The van der Waals surface area contributed by atoms with E-state index in [0.29, 0.717) is 23.4 Å². The highest BCUT2D eigenvalue weighted by atomic mass is 16.4. The maximum atomic E-state index is 13.9. The van der Waals surface area contributed by atoms with Gasteiger partial charge >= 0.3 is 5.97 Å². The lowest BCUT2D eigenvalue weighted by molar-refractivity contribution is -0.916. The summed E-state index contributed by atoms with van der Waals surface area (Å²) in [5, 5.41) is 11.3. The van der Waals surface area contributed by atoms with Crippen LogP contribution in [0.2, 0.25) is 0 Å². The van der Waals surface area contributed by atoms with Crippen molar-refractivity contribution in [2.24, 2.45) is 10.8 Å². The first-order chi connectivity index (χ1) is 20.0. The number of carboxylic acid groups (broad SMARTS) is 1. The number of allylic oxidation sites excluding steroid dienone is 1. The lowest BCUT2D eigenvalue weighted by Gasteiger charge is -2.27. The monoisotopic (exact) mass is 553 g/mol. The van der Waals surface area contributed by atoms with Gasteiger partial charge in [0.1, 0.15) is 12.6 Å². The predicted octanol–water partition coefficient (Wildman–Crippen LogP) is 4.57. The molecule has 0 saturated carbocycles. The molecule has 0 radical (unpaired) electrons. The highest BCUT2D eigenvalue weighted by Crippen LogP contribution is 2.25. The average Bonchev–Trinajstić information content (AvgIpc) is 3.46. The van der Waals surface area contributed by atoms with E-state index in [-0.39, 0.29) is 11.9 Å². The normalized spacial score (nSPS) is 17.6. The maximum absolute atomic E-state index is 13.9. The summed E-state index contributed by atoms with van der Waals surface area (Å²) in [6.45, 7) is 5.42. The molecule has 0 aromatic heterocycles. The number of hydrogen-bond donors (Lipinski definition) is 3. The number of para-hydroxylation sites is 1. The van der Waals surface area contributed by atoms with Crippen molar-refractivity contribution >= 4 is 23.3 Å². The number of nitrogens with two attached hydrogens (primary N) is 1. The Morgan fingerprint density at radius 2 is 1.68 bits per heavy atom. The zero-order valence-corrected chi connectivity index (χ0v) is 23.6. The second kappa shape index (κ2) is 15.1. The van der Waals surface area contributed by atoms with E-state index in [2.05, 4.69) is 18.7 Å². The van der Waals surface area contributed by atoms with E-state index in [1.165, 1.54) is 15.5 Å². The molecule has 3 unspecified atom stereocenters. The van der Waals surface area contributed by atoms with Crippen molar-refractivity contribution in [2.45, 2.75) is 63.6 Å². The molecule has 0 spiro atoms. The van der Waals surface area contributed by atoms with Gasteiger partial charge in [0.25, 0.3) is 5.91 Å². The van der Waals surface area contributed by atoms with Crippen molar-refractivity contribution < 1.29 is 19.6 Å². The van der Waals surface area contributed by atoms with Crippen LogP contribution in [0, 0.1) is 0 Å². The zero-order valence-electron chi connectivity index (χ0n) is 23.6. The van der Waals surface area contributed by atoms with Gasteiger partial charge in [0.05, 0.1) is 17.9 Å². The number of carboxylic acids is 1. The fourth-order valence-corrected chi connectivity index (χ4v) is 5.55. The number of quaternary nitrogens is 1. The molecule has 7 nitrogen and oxygen atoms in total. The van der Waals surface area contributed by atoms with Crippen molar-refractivity contribution in [3.8, 4) is 0 Å². The maximum Gasteiger partial charge on any atom is 0.328 e. The summed E-state index contributed by atoms with van der Waals surface area (Å²) in [6.07, 6.45) is 7.58. The molecule has 3 aromatic carbocycles. The first-order valence-electron chi connectivity index (χ1n) is 14.5. The summed E-state index contributed by atoms with van der Waals surface area (Å²) in [6, 6.07) is 25.9. The van der Waals surface area contributed by atoms with E-state index in [9.17, 15) is 14.7 Å². The van der Waals surface area contributed by atoms with Gasteiger partial charge in [-0.25, -0.2) is 15.6 Å². The third kappa shape index (κ3) is 7.99. The van der Waals surface area contributed by atoms with Gasteiger partial charge in [0, 0.05) is 29.5 Å². The van der Waals surface area contributed by atoms with Crippen LogP contribution in [0.25, 0.3) is 0 Å². The quantitative estimate of drug-likeness (QED) is 0.0680. The van der Waals surface area contributed by atoms with Crippen LogP contribution < -0.4 is 15.8 Å². The van der Waals surface area contributed by atoms with Crippen LogP contribution in [-0.2, 0) is 16.1 Å². The Morgan fingerprint density at radius 1 is 1.00 bits per heavy atom. The molecular formula is C34H41N4O3+. The number of likely N-dealkylation sites (tertiary alicyclic amines) is 1. The minimum absolute atomic E-state index is 0.148. The molecule has 1 aliphatic heterocycles. The number of amides is 1. The second-order valence-corrected chi connectivity index (χ2v) is 10.6. The van der Waals surface area contributed by atoms with E-state index < -0.39 is 12.0 Å². The number of aliphatic carboxylic acids is 1. The first-order valence-corrected chi connectivity index (χ1v) is 14.5. The van der Waals surface area contributed by atoms with E-state index in [1.54, 1.807) is 0 Å². The number of benzene rings is 3. The average molecular weight is 554 g/mol. The molecule has 1 saturated heterocycles. The Hall–Kier alpha value is -4.07. The van der Waals surface area contributed by atoms with Crippen molar-refractivity contribution in [3.63, 3.8) is 0 Å². The number of nitrogens with zero attached hydrogens (tertiary/aromatic N) is 2. The molecule has 3 atom stereocenters. The number of hydrazine groups is 1. The molecule has 3 aromatic rings. The molecule has 1 amide bonds. The summed E-state index contributed by atoms with van der Waals surface area (Å²) >= 11 is 0. The number of unbranched alkanes of at least 4 members (excludes halogenated alkanes) is 3. The molecule has 0 bridgehead atoms. The highest BCUT2D eigenvalue weighted by molar-refractivity contribution is 6.17. The molecule has 7 heteroatoms. The fraction of sp³-hybridized carbons (Fsp3) is 0.324. The van der Waals surface area contributed by atoms with Crippen LogP contribution >= 0.6 is 0 Å². The molecule has 4 rings (SSSR count). The molecule has 1 fully saturated rings.